The molecule has 0 spiro atoms. The second-order valence-electron chi connectivity index (χ2n) is 2.13. The van der Waals surface area contributed by atoms with Crippen molar-refractivity contribution >= 4 is 0 Å². The highest BCUT2D eigenvalue weighted by molar-refractivity contribution is 4.89. The average Bonchev–Trinajstić information content (AvgIpc) is 1.85. The van der Waals surface area contributed by atoms with Crippen molar-refractivity contribution < 1.29 is 30.7 Å². The van der Waals surface area contributed by atoms with E-state index in [0.29, 0.717) is 6.92 Å². The van der Waals surface area contributed by atoms with Gasteiger partial charge in [0.1, 0.15) is 0 Å². The van der Waals surface area contributed by atoms with Crippen molar-refractivity contribution in [1.82, 2.24) is 0 Å². The Morgan fingerprint density at radius 3 is 1.25 bits per heavy atom. The summed E-state index contributed by atoms with van der Waals surface area (Å²) in [6.07, 6.45) is -7.76. The minimum atomic E-state index is -6.20. The van der Waals surface area contributed by atoms with E-state index in [9.17, 15) is 30.7 Å². The van der Waals surface area contributed by atoms with Crippen LogP contribution in [0.5, 0.6) is 0 Å². The molecular formula is C5H5F7. The van der Waals surface area contributed by atoms with Crippen LogP contribution in [0.1, 0.15) is 13.3 Å². The second kappa shape index (κ2) is 2.77. The lowest BCUT2D eigenvalue weighted by Gasteiger charge is -2.26. The van der Waals surface area contributed by atoms with Crippen LogP contribution in [0.25, 0.3) is 0 Å². The summed E-state index contributed by atoms with van der Waals surface area (Å²) >= 11 is 0. The van der Waals surface area contributed by atoms with Gasteiger partial charge in [-0.15, -0.1) is 0 Å². The third-order valence-electron chi connectivity index (χ3n) is 1.26. The van der Waals surface area contributed by atoms with E-state index >= 15 is 0 Å². The summed E-state index contributed by atoms with van der Waals surface area (Å²) < 4.78 is 81.4. The lowest BCUT2D eigenvalue weighted by molar-refractivity contribution is -0.354. The summed E-state index contributed by atoms with van der Waals surface area (Å²) in [5, 5.41) is 0. The predicted molar refractivity (Wildman–Crippen MR) is 26.2 cm³/mol. The van der Waals surface area contributed by atoms with Gasteiger partial charge in [-0.1, -0.05) is 6.92 Å². The van der Waals surface area contributed by atoms with E-state index < -0.39 is 24.4 Å². The molecule has 0 fully saturated rings. The molecule has 0 saturated carbocycles. The maximum Gasteiger partial charge on any atom is 0.459 e. The van der Waals surface area contributed by atoms with Crippen molar-refractivity contribution in [3.8, 4) is 0 Å². The first-order valence-electron chi connectivity index (χ1n) is 2.88. The van der Waals surface area contributed by atoms with Crippen molar-refractivity contribution in [2.75, 3.05) is 0 Å². The van der Waals surface area contributed by atoms with Gasteiger partial charge in [-0.05, 0) is 0 Å². The Morgan fingerprint density at radius 1 is 0.833 bits per heavy atom. The molecule has 0 N–H and O–H groups in total. The molecule has 0 aromatic rings. The summed E-state index contributed by atoms with van der Waals surface area (Å²) in [6.45, 7) is 0.555. The van der Waals surface area contributed by atoms with Crippen molar-refractivity contribution in [3.05, 3.63) is 0 Å². The first kappa shape index (κ1) is 11.5. The highest BCUT2D eigenvalue weighted by atomic mass is 19.4. The first-order chi connectivity index (χ1) is 5.06. The highest BCUT2D eigenvalue weighted by Gasteiger charge is 2.71. The average molecular weight is 198 g/mol. The Morgan fingerprint density at radius 2 is 1.17 bits per heavy atom. The molecule has 0 radical (unpaired) electrons. The minimum Gasteiger partial charge on any atom is -0.200 e. The Bertz CT molecular complexity index is 156. The molecule has 7 heteroatoms. The molecule has 0 amide bonds. The van der Waals surface area contributed by atoms with Gasteiger partial charge in [0.2, 0.25) is 0 Å². The lowest BCUT2D eigenvalue weighted by atomic mass is 10.1. The van der Waals surface area contributed by atoms with Crippen molar-refractivity contribution in [2.24, 2.45) is 0 Å². The molecule has 0 aliphatic heterocycles. The number of halogens is 7. The standard InChI is InChI=1S/C5H5F7/c1-2-3(6,7)4(8,9)5(10,11)12/h2H2,1H3. The molecule has 0 aromatic heterocycles. The Labute approximate surface area is 63.4 Å². The maximum absolute atomic E-state index is 12.0. The van der Waals surface area contributed by atoms with Gasteiger partial charge in [0, 0.05) is 6.42 Å². The smallest absolute Gasteiger partial charge is 0.200 e. The number of alkyl halides is 7. The molecule has 0 rings (SSSR count). The summed E-state index contributed by atoms with van der Waals surface area (Å²) in [5.74, 6) is -11.0. The van der Waals surface area contributed by atoms with Gasteiger partial charge in [-0.3, -0.25) is 0 Å². The van der Waals surface area contributed by atoms with E-state index in [1.807, 2.05) is 0 Å². The van der Waals surface area contributed by atoms with Gasteiger partial charge in [0.15, 0.2) is 0 Å². The molecular weight excluding hydrogens is 193 g/mol. The molecule has 0 heterocycles. The van der Waals surface area contributed by atoms with E-state index in [-0.39, 0.29) is 0 Å². The van der Waals surface area contributed by atoms with E-state index in [2.05, 4.69) is 0 Å². The number of hydrogen-bond acceptors (Lipinski definition) is 0. The normalized spacial score (nSPS) is 15.0. The van der Waals surface area contributed by atoms with Crippen LogP contribution in [0.4, 0.5) is 30.7 Å². The third-order valence-corrected chi connectivity index (χ3v) is 1.26. The fraction of sp³-hybridized carbons (Fsp3) is 1.00. The fourth-order valence-corrected chi connectivity index (χ4v) is 0.429. The monoisotopic (exact) mass is 198 g/mol. The van der Waals surface area contributed by atoms with Gasteiger partial charge >= 0.3 is 18.0 Å². The topological polar surface area (TPSA) is 0 Å². The van der Waals surface area contributed by atoms with Crippen molar-refractivity contribution in [3.63, 3.8) is 0 Å². The van der Waals surface area contributed by atoms with Gasteiger partial charge in [0.25, 0.3) is 0 Å². The highest BCUT2D eigenvalue weighted by Crippen LogP contribution is 2.47. The predicted octanol–water partition coefficient (Wildman–Crippen LogP) is 3.23. The van der Waals surface area contributed by atoms with Crippen LogP contribution in [0, 0.1) is 0 Å². The zero-order chi connectivity index (χ0) is 10.2. The molecule has 0 unspecified atom stereocenters. The molecule has 0 aliphatic rings. The quantitative estimate of drug-likeness (QED) is 0.597. The lowest BCUT2D eigenvalue weighted by Crippen LogP contribution is -2.51. The fourth-order valence-electron chi connectivity index (χ4n) is 0.429. The summed E-state index contributed by atoms with van der Waals surface area (Å²) in [6, 6.07) is 0. The van der Waals surface area contributed by atoms with Crippen LogP contribution >= 0.6 is 0 Å². The zero-order valence-corrected chi connectivity index (χ0v) is 5.85. The van der Waals surface area contributed by atoms with Gasteiger partial charge in [0.05, 0.1) is 0 Å². The van der Waals surface area contributed by atoms with Gasteiger partial charge in [-0.2, -0.15) is 30.7 Å². The van der Waals surface area contributed by atoms with Gasteiger partial charge in [-0.25, -0.2) is 0 Å². The molecule has 0 nitrogen and oxygen atoms in total. The summed E-state index contributed by atoms with van der Waals surface area (Å²) in [7, 11) is 0. The summed E-state index contributed by atoms with van der Waals surface area (Å²) in [5.41, 5.74) is 0. The van der Waals surface area contributed by atoms with Crippen molar-refractivity contribution in [2.45, 2.75) is 31.4 Å². The third kappa shape index (κ3) is 1.64. The Balaban J connectivity index is 4.85. The minimum absolute atomic E-state index is 0.555. The molecule has 0 bridgehead atoms. The molecule has 74 valence electrons. The van der Waals surface area contributed by atoms with E-state index in [1.54, 1.807) is 0 Å². The van der Waals surface area contributed by atoms with E-state index in [0.717, 1.165) is 0 Å². The number of hydrogen-bond donors (Lipinski definition) is 0. The van der Waals surface area contributed by atoms with E-state index in [4.69, 9.17) is 0 Å². The molecule has 0 aromatic carbocycles. The van der Waals surface area contributed by atoms with Crippen LogP contribution in [0.2, 0.25) is 0 Å². The Kier molecular flexibility index (Phi) is 2.66. The SMILES string of the molecule is CCC(F)(F)C(F)(F)C(F)(F)F. The molecule has 0 saturated heterocycles. The molecule has 12 heavy (non-hydrogen) atoms. The van der Waals surface area contributed by atoms with Crippen LogP contribution in [0.3, 0.4) is 0 Å². The van der Waals surface area contributed by atoms with Crippen LogP contribution in [-0.2, 0) is 0 Å². The molecule has 0 atom stereocenters. The second-order valence-corrected chi connectivity index (χ2v) is 2.13. The zero-order valence-electron chi connectivity index (χ0n) is 5.85. The maximum atomic E-state index is 12.0. The van der Waals surface area contributed by atoms with Crippen LogP contribution in [0.15, 0.2) is 0 Å². The molecule has 0 aliphatic carbocycles. The number of rotatable bonds is 2. The van der Waals surface area contributed by atoms with Crippen LogP contribution in [-0.4, -0.2) is 18.0 Å². The van der Waals surface area contributed by atoms with E-state index in [1.165, 1.54) is 0 Å². The Hall–Kier alpha value is -0.490. The van der Waals surface area contributed by atoms with Gasteiger partial charge < -0.3 is 0 Å². The summed E-state index contributed by atoms with van der Waals surface area (Å²) in [4.78, 5) is 0. The van der Waals surface area contributed by atoms with Crippen LogP contribution < -0.4 is 0 Å². The first-order valence-corrected chi connectivity index (χ1v) is 2.88. The van der Waals surface area contributed by atoms with Crippen molar-refractivity contribution in [1.29, 1.82) is 0 Å². The largest absolute Gasteiger partial charge is 0.459 e.